The van der Waals surface area contributed by atoms with Gasteiger partial charge in [-0.25, -0.2) is 0 Å². The summed E-state index contributed by atoms with van der Waals surface area (Å²) in [6.45, 7) is 0. The molecule has 0 fully saturated rings. The van der Waals surface area contributed by atoms with Crippen molar-refractivity contribution in [1.29, 1.82) is 0 Å². The maximum Gasteiger partial charge on any atom is 0.170 e. The van der Waals surface area contributed by atoms with E-state index in [-0.39, 0.29) is 0 Å². The van der Waals surface area contributed by atoms with Gasteiger partial charge < -0.3 is 16.8 Å². The Morgan fingerprint density at radius 1 is 0.283 bits per heavy atom. The largest absolute Gasteiger partial charge is 0.585 e. The summed E-state index contributed by atoms with van der Waals surface area (Å²) in [7, 11) is -3.97. The molecular formula is C38H34Br2O4P2. The van der Waals surface area contributed by atoms with Gasteiger partial charge in [-0.05, 0) is 72.8 Å². The van der Waals surface area contributed by atoms with Gasteiger partial charge in [0.2, 0.25) is 0 Å². The Hall–Kier alpha value is -3.02. The van der Waals surface area contributed by atoms with Gasteiger partial charge in [0, 0.05) is 0 Å². The second kappa shape index (κ2) is 19.0. The maximum absolute atomic E-state index is 8.41. The van der Waals surface area contributed by atoms with Crippen molar-refractivity contribution >= 4 is 46.4 Å². The molecule has 6 aromatic rings. The topological polar surface area (TPSA) is 92.2 Å². The first-order valence-corrected chi connectivity index (χ1v) is 21.1. The Kier molecular flexibility index (Phi) is 14.8. The highest BCUT2D eigenvalue weighted by Gasteiger charge is 2.52. The molecule has 0 bridgehead atoms. The van der Waals surface area contributed by atoms with Crippen LogP contribution in [0.2, 0.25) is 0 Å². The van der Waals surface area contributed by atoms with Gasteiger partial charge >= 0.3 is 0 Å². The predicted octanol–water partition coefficient (Wildman–Crippen LogP) is 2.22. The Morgan fingerprint density at radius 3 is 0.543 bits per heavy atom. The van der Waals surface area contributed by atoms with E-state index in [1.165, 1.54) is 31.8 Å². The van der Waals surface area contributed by atoms with Crippen LogP contribution in [-0.4, -0.2) is 12.3 Å². The average molecular weight is 776 g/mol. The first kappa shape index (κ1) is 35.8. The number of hydrogen-bond donors (Lipinski definition) is 0. The maximum atomic E-state index is 8.41. The van der Waals surface area contributed by atoms with Crippen molar-refractivity contribution in [2.75, 3.05) is 12.3 Å². The fourth-order valence-corrected chi connectivity index (χ4v) is 15.9. The van der Waals surface area contributed by atoms with E-state index in [9.17, 15) is 0 Å². The first-order valence-electron chi connectivity index (χ1n) is 14.6. The van der Waals surface area contributed by atoms with Crippen LogP contribution in [0.25, 0.3) is 0 Å². The van der Waals surface area contributed by atoms with Crippen molar-refractivity contribution in [2.45, 2.75) is 0 Å². The Morgan fingerprint density at radius 2 is 0.413 bits per heavy atom. The van der Waals surface area contributed by atoms with Gasteiger partial charge in [0.15, 0.2) is 31.1 Å². The summed E-state index contributed by atoms with van der Waals surface area (Å²) in [5.74, 6) is 0. The van der Waals surface area contributed by atoms with E-state index < -0.39 is 45.6 Å². The molecule has 0 unspecified atom stereocenters. The van der Waals surface area contributed by atoms with Gasteiger partial charge in [-0.15, -0.1) is 0 Å². The highest BCUT2D eigenvalue weighted by molar-refractivity contribution is 7.99. The van der Waals surface area contributed by atoms with Crippen LogP contribution in [0.1, 0.15) is 0 Å². The van der Waals surface area contributed by atoms with Crippen LogP contribution in [0.15, 0.2) is 182 Å². The molecule has 0 aromatic heterocycles. The molecule has 8 heteroatoms. The number of rotatable bonds is 9. The molecule has 0 amide bonds. The standard InChI is InChI=1S/C38H34P2.2BrO2/c1-7-19-33(20-8-1)39(34-21-9-2-10-22-34,35-23-11-3-12-24-35)31-32-40(36-25-13-4-14-26-36,37-27-15-5-16-28-37)38-29-17-6-18-30-38;2*2-1-3/h1-30H,31-32H2;;/q+2;2*-1. The summed E-state index contributed by atoms with van der Waals surface area (Å²) in [6, 6.07) is 67.8. The van der Waals surface area contributed by atoms with Gasteiger partial charge in [-0.1, -0.05) is 109 Å². The van der Waals surface area contributed by atoms with Crippen molar-refractivity contribution in [2.24, 2.45) is 0 Å². The van der Waals surface area contributed by atoms with Crippen LogP contribution in [0.5, 0.6) is 0 Å². The highest BCUT2D eigenvalue weighted by Crippen LogP contribution is 2.62. The molecule has 0 heterocycles. The van der Waals surface area contributed by atoms with Gasteiger partial charge in [0.1, 0.15) is 58.7 Å². The number of halogens is 2. The van der Waals surface area contributed by atoms with Gasteiger partial charge in [-0.2, -0.15) is 0 Å². The molecule has 6 rings (SSSR count). The molecule has 4 nitrogen and oxygen atoms in total. The van der Waals surface area contributed by atoms with Gasteiger partial charge in [-0.3, -0.25) is 0 Å². The lowest BCUT2D eigenvalue weighted by molar-refractivity contribution is -1.41. The van der Waals surface area contributed by atoms with Crippen LogP contribution in [0.4, 0.5) is 0 Å². The lowest BCUT2D eigenvalue weighted by Gasteiger charge is -2.32. The summed E-state index contributed by atoms with van der Waals surface area (Å²) in [5, 5.41) is 8.66. The zero-order valence-electron chi connectivity index (χ0n) is 25.0. The minimum atomic E-state index is -1.98. The molecule has 0 saturated carbocycles. The highest BCUT2D eigenvalue weighted by atomic mass is 79.9. The molecular weight excluding hydrogens is 742 g/mol. The number of benzene rings is 6. The fourth-order valence-electron chi connectivity index (χ4n) is 6.06. The Balaban J connectivity index is 0.000000744. The normalized spacial score (nSPS) is 11.0. The lowest BCUT2D eigenvalue weighted by Crippen LogP contribution is -2.39. The second-order valence-corrected chi connectivity index (χ2v) is 18.0. The smallest absolute Gasteiger partial charge is 0.170 e. The minimum Gasteiger partial charge on any atom is -0.585 e. The zero-order valence-corrected chi connectivity index (χ0v) is 30.0. The van der Waals surface area contributed by atoms with Crippen LogP contribution in [-0.2, 0) is 0 Å². The van der Waals surface area contributed by atoms with E-state index in [0.29, 0.717) is 0 Å². The van der Waals surface area contributed by atoms with E-state index in [1.807, 2.05) is 0 Å². The monoisotopic (exact) mass is 774 g/mol. The van der Waals surface area contributed by atoms with E-state index in [4.69, 9.17) is 16.8 Å². The second-order valence-electron chi connectivity index (χ2n) is 10.2. The molecule has 0 spiro atoms. The Labute approximate surface area is 287 Å². The molecule has 0 radical (unpaired) electrons. The SMILES string of the molecule is [O-][Br+][O-].[O-][Br+][O-].c1ccc([P+](CC[P+](c2ccccc2)(c2ccccc2)c2ccccc2)(c2ccccc2)c2ccccc2)cc1. The van der Waals surface area contributed by atoms with E-state index in [2.05, 4.69) is 182 Å². The van der Waals surface area contributed by atoms with Crippen molar-refractivity contribution in [3.63, 3.8) is 0 Å². The van der Waals surface area contributed by atoms with Gasteiger partial charge in [0.05, 0.1) is 0 Å². The summed E-state index contributed by atoms with van der Waals surface area (Å²) < 4.78 is 33.6. The van der Waals surface area contributed by atoms with Crippen LogP contribution in [0.3, 0.4) is 0 Å². The third kappa shape index (κ3) is 8.46. The van der Waals surface area contributed by atoms with Crippen LogP contribution in [0, 0.1) is 31.1 Å². The molecule has 0 N–H and O–H groups in total. The summed E-state index contributed by atoms with van der Waals surface area (Å²) in [6.07, 6.45) is 2.16. The molecule has 0 aliphatic rings. The van der Waals surface area contributed by atoms with E-state index in [1.54, 1.807) is 0 Å². The summed E-state index contributed by atoms with van der Waals surface area (Å²) >= 11 is -2.88. The number of hydrogen-bond acceptors (Lipinski definition) is 4. The Bertz CT molecular complexity index is 1350. The van der Waals surface area contributed by atoms with E-state index in [0.717, 1.165) is 12.3 Å². The van der Waals surface area contributed by atoms with Crippen LogP contribution >= 0.6 is 14.5 Å². The summed E-state index contributed by atoms with van der Waals surface area (Å²) in [4.78, 5) is 0. The van der Waals surface area contributed by atoms with Crippen molar-refractivity contribution in [3.8, 4) is 0 Å². The van der Waals surface area contributed by atoms with Crippen molar-refractivity contribution in [3.05, 3.63) is 182 Å². The molecule has 234 valence electrons. The fraction of sp³-hybridized carbons (Fsp3) is 0.0526. The zero-order chi connectivity index (χ0) is 32.5. The lowest BCUT2D eigenvalue weighted by atomic mass is 10.4. The third-order valence-corrected chi connectivity index (χ3v) is 17.2. The van der Waals surface area contributed by atoms with E-state index >= 15 is 0 Å². The van der Waals surface area contributed by atoms with Crippen molar-refractivity contribution in [1.82, 2.24) is 0 Å². The summed E-state index contributed by atoms with van der Waals surface area (Å²) in [5.41, 5.74) is 0. The molecule has 0 aliphatic carbocycles. The molecule has 0 atom stereocenters. The molecule has 46 heavy (non-hydrogen) atoms. The van der Waals surface area contributed by atoms with Crippen molar-refractivity contribution < 1.29 is 47.9 Å². The predicted molar refractivity (Wildman–Crippen MR) is 180 cm³/mol. The van der Waals surface area contributed by atoms with Crippen LogP contribution < -0.4 is 48.6 Å². The quantitative estimate of drug-likeness (QED) is 0.211. The van der Waals surface area contributed by atoms with Gasteiger partial charge in [0.25, 0.3) is 0 Å². The molecule has 6 aromatic carbocycles. The molecule has 0 aliphatic heterocycles. The third-order valence-electron chi connectivity index (χ3n) is 7.95. The molecule has 0 saturated heterocycles. The average Bonchev–Trinajstić information content (AvgIpc) is 3.13. The first-order chi connectivity index (χ1) is 22.7. The minimum absolute atomic E-state index is 1.08.